The molecule has 1 atom stereocenters. The molecule has 1 saturated carbocycles. The second kappa shape index (κ2) is 4.81. The third kappa shape index (κ3) is 2.34. The van der Waals surface area contributed by atoms with E-state index in [1.165, 1.54) is 12.1 Å². The van der Waals surface area contributed by atoms with Crippen molar-refractivity contribution in [3.05, 3.63) is 17.5 Å². The molecule has 2 rings (SSSR count). The summed E-state index contributed by atoms with van der Waals surface area (Å²) in [6.07, 6.45) is 5.97. The maximum absolute atomic E-state index is 11.8. The van der Waals surface area contributed by atoms with E-state index in [0.29, 0.717) is 5.78 Å². The molecule has 0 spiro atoms. The number of carbonyl (C=O) groups is 1. The van der Waals surface area contributed by atoms with Gasteiger partial charge >= 0.3 is 0 Å². The van der Waals surface area contributed by atoms with Gasteiger partial charge in [0.25, 0.3) is 0 Å². The van der Waals surface area contributed by atoms with Gasteiger partial charge in [0.1, 0.15) is 5.78 Å². The molecule has 0 aliphatic heterocycles. The van der Waals surface area contributed by atoms with E-state index in [-0.39, 0.29) is 5.92 Å². The molecule has 3 heteroatoms. The summed E-state index contributed by atoms with van der Waals surface area (Å²) in [5.74, 6) is 0.694. The smallest absolute Gasteiger partial charge is 0.136 e. The first-order valence-electron chi connectivity index (χ1n) is 6.25. The van der Waals surface area contributed by atoms with Crippen molar-refractivity contribution in [2.24, 2.45) is 13.0 Å². The average Bonchev–Trinajstić information content (AvgIpc) is 2.63. The van der Waals surface area contributed by atoms with Crippen molar-refractivity contribution in [3.63, 3.8) is 0 Å². The number of rotatable bonds is 3. The second-order valence-corrected chi connectivity index (χ2v) is 4.72. The lowest BCUT2D eigenvalue weighted by molar-refractivity contribution is -0.124. The summed E-state index contributed by atoms with van der Waals surface area (Å²) in [7, 11) is 1.97. The Labute approximate surface area is 96.8 Å². The lowest BCUT2D eigenvalue weighted by Gasteiger charge is -2.20. The topological polar surface area (TPSA) is 34.9 Å². The first kappa shape index (κ1) is 11.4. The number of hydrogen-bond acceptors (Lipinski definition) is 2. The summed E-state index contributed by atoms with van der Waals surface area (Å²) in [5.41, 5.74) is 2.33. The van der Waals surface area contributed by atoms with Gasteiger partial charge < -0.3 is 0 Å². The highest BCUT2D eigenvalue weighted by molar-refractivity contribution is 5.81. The predicted octanol–water partition coefficient (Wildman–Crippen LogP) is 2.28. The number of aryl methyl sites for hydroxylation is 2. The molecule has 16 heavy (non-hydrogen) atoms. The number of ketones is 1. The second-order valence-electron chi connectivity index (χ2n) is 4.72. The molecule has 0 aromatic carbocycles. The Bertz CT molecular complexity index is 381. The standard InChI is InChI=1S/C13H20N2O/c1-3-11-9-12(15(2)14-11)8-10-6-4-5-7-13(10)16/h9-10H,3-8H2,1-2H3. The molecule has 1 aliphatic rings. The molecule has 0 amide bonds. The van der Waals surface area contributed by atoms with E-state index in [4.69, 9.17) is 0 Å². The van der Waals surface area contributed by atoms with Crippen LogP contribution >= 0.6 is 0 Å². The number of carbonyl (C=O) groups excluding carboxylic acids is 1. The number of hydrogen-bond donors (Lipinski definition) is 0. The van der Waals surface area contributed by atoms with Gasteiger partial charge in [-0.15, -0.1) is 0 Å². The zero-order valence-electron chi connectivity index (χ0n) is 10.2. The van der Waals surface area contributed by atoms with Crippen LogP contribution in [-0.4, -0.2) is 15.6 Å². The summed E-state index contributed by atoms with van der Waals surface area (Å²) in [6, 6.07) is 2.14. The van der Waals surface area contributed by atoms with E-state index in [9.17, 15) is 4.79 Å². The quantitative estimate of drug-likeness (QED) is 0.783. The van der Waals surface area contributed by atoms with Gasteiger partial charge in [-0.2, -0.15) is 5.10 Å². The third-order valence-corrected chi connectivity index (χ3v) is 3.53. The van der Waals surface area contributed by atoms with Crippen molar-refractivity contribution >= 4 is 5.78 Å². The van der Waals surface area contributed by atoms with Crippen LogP contribution in [0, 0.1) is 5.92 Å². The molecule has 0 saturated heterocycles. The Balaban J connectivity index is 2.07. The van der Waals surface area contributed by atoms with Crippen molar-refractivity contribution < 1.29 is 4.79 Å². The molecule has 0 radical (unpaired) electrons. The fourth-order valence-electron chi connectivity index (χ4n) is 2.46. The highest BCUT2D eigenvalue weighted by Gasteiger charge is 2.23. The Hall–Kier alpha value is -1.12. The fraction of sp³-hybridized carbons (Fsp3) is 0.692. The van der Waals surface area contributed by atoms with Crippen LogP contribution in [0.25, 0.3) is 0 Å². The number of aromatic nitrogens is 2. The van der Waals surface area contributed by atoms with E-state index in [1.54, 1.807) is 0 Å². The zero-order chi connectivity index (χ0) is 11.5. The SMILES string of the molecule is CCc1cc(CC2CCCCC2=O)n(C)n1. The molecular formula is C13H20N2O. The minimum atomic E-state index is 0.244. The van der Waals surface area contributed by atoms with Gasteiger partial charge in [0.2, 0.25) is 0 Å². The van der Waals surface area contributed by atoms with Gasteiger partial charge in [0.15, 0.2) is 0 Å². The molecule has 0 bridgehead atoms. The van der Waals surface area contributed by atoms with Crippen LogP contribution in [0.5, 0.6) is 0 Å². The van der Waals surface area contributed by atoms with E-state index in [0.717, 1.165) is 37.8 Å². The number of Topliss-reactive ketones (excluding diaryl/α,β-unsaturated/α-hetero) is 1. The van der Waals surface area contributed by atoms with Crippen molar-refractivity contribution in [1.82, 2.24) is 9.78 Å². The van der Waals surface area contributed by atoms with Gasteiger partial charge in [-0.3, -0.25) is 9.48 Å². The Kier molecular flexibility index (Phi) is 3.42. The maximum Gasteiger partial charge on any atom is 0.136 e. The minimum absolute atomic E-state index is 0.244. The highest BCUT2D eigenvalue weighted by Crippen LogP contribution is 2.24. The van der Waals surface area contributed by atoms with Gasteiger partial charge in [0, 0.05) is 25.1 Å². The van der Waals surface area contributed by atoms with E-state index in [2.05, 4.69) is 18.1 Å². The first-order chi connectivity index (χ1) is 7.70. The zero-order valence-corrected chi connectivity index (χ0v) is 10.2. The van der Waals surface area contributed by atoms with Gasteiger partial charge in [0.05, 0.1) is 5.69 Å². The number of nitrogens with zero attached hydrogens (tertiary/aromatic N) is 2. The van der Waals surface area contributed by atoms with Crippen molar-refractivity contribution in [3.8, 4) is 0 Å². The first-order valence-corrected chi connectivity index (χ1v) is 6.25. The summed E-state index contributed by atoms with van der Waals surface area (Å²) >= 11 is 0. The molecule has 1 aliphatic carbocycles. The molecule has 88 valence electrons. The third-order valence-electron chi connectivity index (χ3n) is 3.53. The van der Waals surface area contributed by atoms with E-state index < -0.39 is 0 Å². The normalized spacial score (nSPS) is 21.4. The molecule has 1 fully saturated rings. The van der Waals surface area contributed by atoms with Crippen molar-refractivity contribution in [2.45, 2.75) is 45.4 Å². The van der Waals surface area contributed by atoms with Crippen molar-refractivity contribution in [2.75, 3.05) is 0 Å². The minimum Gasteiger partial charge on any atom is -0.299 e. The summed E-state index contributed by atoms with van der Waals surface area (Å²) in [5, 5.41) is 4.43. The molecule has 3 nitrogen and oxygen atoms in total. The van der Waals surface area contributed by atoms with Gasteiger partial charge in [-0.05, 0) is 31.7 Å². The van der Waals surface area contributed by atoms with Crippen LogP contribution in [-0.2, 0) is 24.7 Å². The largest absolute Gasteiger partial charge is 0.299 e. The van der Waals surface area contributed by atoms with Crippen molar-refractivity contribution in [1.29, 1.82) is 0 Å². The lowest BCUT2D eigenvalue weighted by atomic mass is 9.85. The fourth-order valence-corrected chi connectivity index (χ4v) is 2.46. The Morgan fingerprint density at radius 1 is 1.50 bits per heavy atom. The average molecular weight is 220 g/mol. The summed E-state index contributed by atoms with van der Waals surface area (Å²) in [4.78, 5) is 11.8. The van der Waals surface area contributed by atoms with Crippen LogP contribution in [0.4, 0.5) is 0 Å². The van der Waals surface area contributed by atoms with Gasteiger partial charge in [-0.1, -0.05) is 13.3 Å². The summed E-state index contributed by atoms with van der Waals surface area (Å²) < 4.78 is 1.93. The van der Waals surface area contributed by atoms with E-state index >= 15 is 0 Å². The highest BCUT2D eigenvalue weighted by atomic mass is 16.1. The van der Waals surface area contributed by atoms with Crippen LogP contribution in [0.15, 0.2) is 6.07 Å². The van der Waals surface area contributed by atoms with Crippen LogP contribution in [0.3, 0.4) is 0 Å². The molecule has 1 unspecified atom stereocenters. The maximum atomic E-state index is 11.8. The molecule has 0 N–H and O–H groups in total. The molecule has 1 aromatic heterocycles. The monoisotopic (exact) mass is 220 g/mol. The van der Waals surface area contributed by atoms with Gasteiger partial charge in [-0.25, -0.2) is 0 Å². The van der Waals surface area contributed by atoms with Crippen LogP contribution < -0.4 is 0 Å². The van der Waals surface area contributed by atoms with E-state index in [1.807, 2.05) is 11.7 Å². The molecular weight excluding hydrogens is 200 g/mol. The Morgan fingerprint density at radius 3 is 2.94 bits per heavy atom. The molecule has 1 aromatic rings. The molecule has 1 heterocycles. The van der Waals surface area contributed by atoms with Crippen LogP contribution in [0.1, 0.15) is 44.0 Å². The Morgan fingerprint density at radius 2 is 2.31 bits per heavy atom. The lowest BCUT2D eigenvalue weighted by Crippen LogP contribution is -2.22. The summed E-state index contributed by atoms with van der Waals surface area (Å²) in [6.45, 7) is 2.11. The van der Waals surface area contributed by atoms with Crippen LogP contribution in [0.2, 0.25) is 0 Å². The predicted molar refractivity (Wildman–Crippen MR) is 63.3 cm³/mol.